The Bertz CT molecular complexity index is 349. The van der Waals surface area contributed by atoms with Gasteiger partial charge in [0.25, 0.3) is 0 Å². The molecule has 0 fully saturated rings. The van der Waals surface area contributed by atoms with Crippen LogP contribution in [0.1, 0.15) is 5.56 Å². The fraction of sp³-hybridized carbons (Fsp3) is 0.364. The van der Waals surface area contributed by atoms with Crippen molar-refractivity contribution < 1.29 is 13.9 Å². The summed E-state index contributed by atoms with van der Waals surface area (Å²) >= 11 is 0. The minimum atomic E-state index is -0.377. The molecule has 0 unspecified atom stereocenters. The summed E-state index contributed by atoms with van der Waals surface area (Å²) in [5.74, 6) is -0.698. The Morgan fingerprint density at radius 3 is 2.88 bits per heavy atom. The molecular formula is C11H15FN2O2. The summed E-state index contributed by atoms with van der Waals surface area (Å²) in [5, 5.41) is 2.54. The molecule has 5 heteroatoms. The lowest BCUT2D eigenvalue weighted by atomic mass is 10.2. The number of nitrogens with one attached hydrogen (secondary N) is 1. The maximum atomic E-state index is 13.0. The molecule has 1 aromatic rings. The van der Waals surface area contributed by atoms with Crippen LogP contribution in [0.25, 0.3) is 0 Å². The first-order valence-corrected chi connectivity index (χ1v) is 4.96. The van der Waals surface area contributed by atoms with Gasteiger partial charge in [0.05, 0.1) is 6.61 Å². The van der Waals surface area contributed by atoms with Gasteiger partial charge in [-0.1, -0.05) is 0 Å². The van der Waals surface area contributed by atoms with E-state index in [0.717, 1.165) is 5.56 Å². The van der Waals surface area contributed by atoms with Crippen LogP contribution in [0.4, 0.5) is 10.1 Å². The second-order valence-electron chi connectivity index (χ2n) is 3.41. The predicted molar refractivity (Wildman–Crippen MR) is 59.6 cm³/mol. The molecule has 0 aliphatic rings. The van der Waals surface area contributed by atoms with E-state index < -0.39 is 0 Å². The zero-order valence-corrected chi connectivity index (χ0v) is 9.13. The number of ether oxygens (including phenoxy) is 1. The Labute approximate surface area is 93.6 Å². The van der Waals surface area contributed by atoms with Crippen molar-refractivity contribution in [2.24, 2.45) is 5.73 Å². The van der Waals surface area contributed by atoms with E-state index in [1.807, 2.05) is 0 Å². The van der Waals surface area contributed by atoms with Crippen LogP contribution in [-0.4, -0.2) is 25.7 Å². The minimum absolute atomic E-state index is 0.0766. The predicted octanol–water partition coefficient (Wildman–Crippen LogP) is 1.05. The maximum Gasteiger partial charge on any atom is 0.250 e. The molecule has 4 nitrogen and oxygen atoms in total. The molecule has 0 atom stereocenters. The van der Waals surface area contributed by atoms with Crippen LogP contribution in [-0.2, 0) is 9.53 Å². The largest absolute Gasteiger partial charge is 0.370 e. The lowest BCUT2D eigenvalue weighted by molar-refractivity contribution is -0.120. The fourth-order valence-corrected chi connectivity index (χ4v) is 1.25. The monoisotopic (exact) mass is 226 g/mol. The topological polar surface area (TPSA) is 64.3 Å². The number of anilines is 1. The van der Waals surface area contributed by atoms with E-state index >= 15 is 0 Å². The van der Waals surface area contributed by atoms with E-state index in [4.69, 9.17) is 10.5 Å². The highest BCUT2D eigenvalue weighted by Gasteiger charge is 2.03. The standard InChI is InChI=1S/C11H15FN2O2/c1-8-4-9(12)6-10(5-8)14-11(15)7-16-3-2-13/h4-6H,2-3,7,13H2,1H3,(H,14,15). The van der Waals surface area contributed by atoms with Gasteiger partial charge >= 0.3 is 0 Å². The Morgan fingerprint density at radius 2 is 2.25 bits per heavy atom. The number of carbonyl (C=O) groups is 1. The maximum absolute atomic E-state index is 13.0. The molecule has 0 heterocycles. The zero-order valence-electron chi connectivity index (χ0n) is 9.13. The van der Waals surface area contributed by atoms with Crippen molar-refractivity contribution >= 4 is 11.6 Å². The van der Waals surface area contributed by atoms with Gasteiger partial charge in [-0.05, 0) is 30.7 Å². The molecule has 0 aliphatic carbocycles. The van der Waals surface area contributed by atoms with E-state index in [0.29, 0.717) is 18.8 Å². The molecular weight excluding hydrogens is 211 g/mol. The van der Waals surface area contributed by atoms with Crippen molar-refractivity contribution in [3.63, 3.8) is 0 Å². The van der Waals surface area contributed by atoms with Crippen LogP contribution < -0.4 is 11.1 Å². The first-order chi connectivity index (χ1) is 7.61. The number of benzene rings is 1. The van der Waals surface area contributed by atoms with E-state index in [1.165, 1.54) is 12.1 Å². The van der Waals surface area contributed by atoms with E-state index in [1.54, 1.807) is 13.0 Å². The second-order valence-corrected chi connectivity index (χ2v) is 3.41. The SMILES string of the molecule is Cc1cc(F)cc(NC(=O)COCCN)c1. The zero-order chi connectivity index (χ0) is 12.0. The van der Waals surface area contributed by atoms with Crippen molar-refractivity contribution in [2.75, 3.05) is 25.1 Å². The van der Waals surface area contributed by atoms with Crippen LogP contribution in [0.3, 0.4) is 0 Å². The average molecular weight is 226 g/mol. The number of hydrogen-bond donors (Lipinski definition) is 2. The van der Waals surface area contributed by atoms with Gasteiger partial charge in [-0.25, -0.2) is 4.39 Å². The molecule has 3 N–H and O–H groups in total. The summed E-state index contributed by atoms with van der Waals surface area (Å²) in [6.07, 6.45) is 0. The highest BCUT2D eigenvalue weighted by molar-refractivity contribution is 5.91. The van der Waals surface area contributed by atoms with Crippen molar-refractivity contribution in [2.45, 2.75) is 6.92 Å². The molecule has 0 aliphatic heterocycles. The van der Waals surface area contributed by atoms with Gasteiger partial charge in [-0.3, -0.25) is 4.79 Å². The minimum Gasteiger partial charge on any atom is -0.370 e. The molecule has 0 saturated carbocycles. The van der Waals surface area contributed by atoms with Crippen LogP contribution >= 0.6 is 0 Å². The average Bonchev–Trinajstić information content (AvgIpc) is 2.16. The quantitative estimate of drug-likeness (QED) is 0.737. The molecule has 0 bridgehead atoms. The third kappa shape index (κ3) is 4.37. The normalized spacial score (nSPS) is 10.2. The highest BCUT2D eigenvalue weighted by Crippen LogP contribution is 2.12. The Kier molecular flexibility index (Phi) is 4.88. The Hall–Kier alpha value is -1.46. The van der Waals surface area contributed by atoms with Gasteiger partial charge in [0.2, 0.25) is 5.91 Å². The van der Waals surface area contributed by atoms with Gasteiger partial charge in [0.15, 0.2) is 0 Å². The van der Waals surface area contributed by atoms with Crippen LogP contribution in [0.15, 0.2) is 18.2 Å². The summed E-state index contributed by atoms with van der Waals surface area (Å²) in [4.78, 5) is 11.3. The summed E-state index contributed by atoms with van der Waals surface area (Å²) in [6.45, 7) is 2.37. The molecule has 0 aromatic heterocycles. The lowest BCUT2D eigenvalue weighted by Crippen LogP contribution is -2.20. The van der Waals surface area contributed by atoms with E-state index in [2.05, 4.69) is 5.32 Å². The van der Waals surface area contributed by atoms with Gasteiger partial charge in [0, 0.05) is 12.2 Å². The molecule has 1 rings (SSSR count). The molecule has 0 radical (unpaired) electrons. The lowest BCUT2D eigenvalue weighted by Gasteiger charge is -2.06. The van der Waals surface area contributed by atoms with Crippen LogP contribution in [0.5, 0.6) is 0 Å². The molecule has 16 heavy (non-hydrogen) atoms. The van der Waals surface area contributed by atoms with Crippen LogP contribution in [0, 0.1) is 12.7 Å². The third-order valence-electron chi connectivity index (χ3n) is 1.82. The smallest absolute Gasteiger partial charge is 0.250 e. The van der Waals surface area contributed by atoms with Crippen LogP contribution in [0.2, 0.25) is 0 Å². The van der Waals surface area contributed by atoms with Gasteiger partial charge in [-0.2, -0.15) is 0 Å². The first kappa shape index (κ1) is 12.6. The molecule has 88 valence electrons. The van der Waals surface area contributed by atoms with Gasteiger partial charge in [0.1, 0.15) is 12.4 Å². The number of nitrogens with two attached hydrogens (primary N) is 1. The van der Waals surface area contributed by atoms with Crippen molar-refractivity contribution in [3.8, 4) is 0 Å². The molecule has 1 aromatic carbocycles. The molecule has 0 saturated heterocycles. The van der Waals surface area contributed by atoms with Gasteiger partial charge in [-0.15, -0.1) is 0 Å². The molecule has 0 spiro atoms. The number of aryl methyl sites for hydroxylation is 1. The third-order valence-corrected chi connectivity index (χ3v) is 1.82. The number of hydrogen-bond acceptors (Lipinski definition) is 3. The van der Waals surface area contributed by atoms with Crippen molar-refractivity contribution in [3.05, 3.63) is 29.6 Å². The highest BCUT2D eigenvalue weighted by atomic mass is 19.1. The van der Waals surface area contributed by atoms with Gasteiger partial charge < -0.3 is 15.8 Å². The summed E-state index contributed by atoms with van der Waals surface area (Å²) in [7, 11) is 0. The second kappa shape index (κ2) is 6.19. The summed E-state index contributed by atoms with van der Waals surface area (Å²) < 4.78 is 17.9. The van der Waals surface area contributed by atoms with Crippen molar-refractivity contribution in [1.82, 2.24) is 0 Å². The fourth-order valence-electron chi connectivity index (χ4n) is 1.25. The summed E-state index contributed by atoms with van der Waals surface area (Å²) in [6, 6.07) is 4.33. The van der Waals surface area contributed by atoms with Crippen molar-refractivity contribution in [1.29, 1.82) is 0 Å². The Balaban J connectivity index is 2.49. The number of amides is 1. The molecule has 1 amide bonds. The summed E-state index contributed by atoms with van der Waals surface area (Å²) in [5.41, 5.74) is 6.38. The first-order valence-electron chi connectivity index (χ1n) is 4.96. The van der Waals surface area contributed by atoms with E-state index in [9.17, 15) is 9.18 Å². The number of carbonyl (C=O) groups excluding carboxylic acids is 1. The van der Waals surface area contributed by atoms with E-state index in [-0.39, 0.29) is 18.3 Å². The Morgan fingerprint density at radius 1 is 1.50 bits per heavy atom. The number of halogens is 1. The number of rotatable bonds is 5.